The van der Waals surface area contributed by atoms with Gasteiger partial charge in [-0.2, -0.15) is 0 Å². The minimum Gasteiger partial charge on any atom is -0.357 e. The van der Waals surface area contributed by atoms with Crippen molar-refractivity contribution in [2.75, 3.05) is 24.2 Å². The summed E-state index contributed by atoms with van der Waals surface area (Å²) in [6.07, 6.45) is 1.39. The molecule has 0 saturated heterocycles. The van der Waals surface area contributed by atoms with E-state index in [2.05, 4.69) is 5.32 Å². The van der Waals surface area contributed by atoms with Gasteiger partial charge in [0, 0.05) is 20.0 Å². The lowest BCUT2D eigenvalue weighted by Gasteiger charge is -2.34. The molecule has 8 heteroatoms. The molecule has 1 atom stereocenters. The number of nitrogens with zero attached hydrogens (tertiary/aromatic N) is 2. The van der Waals surface area contributed by atoms with E-state index in [1.807, 2.05) is 87.5 Å². The van der Waals surface area contributed by atoms with Crippen LogP contribution in [0.2, 0.25) is 0 Å². The highest BCUT2D eigenvalue weighted by molar-refractivity contribution is 7.92. The van der Waals surface area contributed by atoms with Crippen LogP contribution >= 0.6 is 0 Å². The number of nitrogens with one attached hydrogen (secondary N) is 1. The number of amides is 2. The van der Waals surface area contributed by atoms with Crippen LogP contribution < -0.4 is 9.62 Å². The molecule has 2 amide bonds. The quantitative estimate of drug-likeness (QED) is 0.397. The van der Waals surface area contributed by atoms with Crippen LogP contribution in [-0.4, -0.2) is 51.0 Å². The monoisotopic (exact) mass is 535 g/mol. The molecule has 0 heterocycles. The number of anilines is 1. The molecule has 0 radical (unpaired) electrons. The van der Waals surface area contributed by atoms with E-state index < -0.39 is 28.5 Å². The molecule has 0 aliphatic carbocycles. The molecule has 38 heavy (non-hydrogen) atoms. The summed E-state index contributed by atoms with van der Waals surface area (Å²) < 4.78 is 27.2. The number of benzene rings is 3. The van der Waals surface area contributed by atoms with Crippen LogP contribution in [0.4, 0.5) is 5.69 Å². The highest BCUT2D eigenvalue weighted by atomic mass is 32.2. The number of para-hydroxylation sites is 1. The number of likely N-dealkylation sites (N-methyl/N-ethyl adjacent to an activating group) is 1. The smallest absolute Gasteiger partial charge is 0.244 e. The largest absolute Gasteiger partial charge is 0.357 e. The average Bonchev–Trinajstić information content (AvgIpc) is 2.89. The number of hydrogen-bond acceptors (Lipinski definition) is 4. The fourth-order valence-corrected chi connectivity index (χ4v) is 5.36. The highest BCUT2D eigenvalue weighted by Crippen LogP contribution is 2.29. The first-order valence-corrected chi connectivity index (χ1v) is 14.5. The van der Waals surface area contributed by atoms with Gasteiger partial charge in [0.05, 0.1) is 11.9 Å². The van der Waals surface area contributed by atoms with E-state index in [-0.39, 0.29) is 18.4 Å². The molecule has 0 fully saturated rings. The first-order chi connectivity index (χ1) is 18.0. The van der Waals surface area contributed by atoms with Crippen LogP contribution in [0.25, 0.3) is 0 Å². The van der Waals surface area contributed by atoms with Gasteiger partial charge in [-0.1, -0.05) is 86.6 Å². The first kappa shape index (κ1) is 28.9. The topological polar surface area (TPSA) is 86.8 Å². The second-order valence-electron chi connectivity index (χ2n) is 9.75. The van der Waals surface area contributed by atoms with Crippen molar-refractivity contribution in [3.8, 4) is 0 Å². The Bertz CT molecular complexity index is 1360. The molecular weight excluding hydrogens is 498 g/mol. The Labute approximate surface area is 226 Å². The Morgan fingerprint density at radius 2 is 1.50 bits per heavy atom. The maximum atomic E-state index is 14.1. The summed E-state index contributed by atoms with van der Waals surface area (Å²) in [6.45, 7) is 5.66. The molecule has 0 aliphatic heterocycles. The Morgan fingerprint density at radius 3 is 2.11 bits per heavy atom. The molecule has 202 valence electrons. The maximum absolute atomic E-state index is 14.1. The van der Waals surface area contributed by atoms with Gasteiger partial charge in [0.2, 0.25) is 21.8 Å². The molecule has 7 nitrogen and oxygen atoms in total. The zero-order valence-electron chi connectivity index (χ0n) is 22.7. The van der Waals surface area contributed by atoms with Crippen molar-refractivity contribution in [3.63, 3.8) is 0 Å². The number of hydrogen-bond donors (Lipinski definition) is 1. The molecule has 0 saturated carbocycles. The zero-order chi connectivity index (χ0) is 27.9. The van der Waals surface area contributed by atoms with Crippen LogP contribution in [0, 0.1) is 6.92 Å². The lowest BCUT2D eigenvalue weighted by Crippen LogP contribution is -2.53. The summed E-state index contributed by atoms with van der Waals surface area (Å²) in [5.41, 5.74) is 4.05. The van der Waals surface area contributed by atoms with Gasteiger partial charge in [-0.05, 0) is 41.2 Å². The number of sulfonamides is 1. The van der Waals surface area contributed by atoms with E-state index in [4.69, 9.17) is 0 Å². The molecule has 0 spiro atoms. The van der Waals surface area contributed by atoms with Gasteiger partial charge in [0.1, 0.15) is 12.6 Å². The summed E-state index contributed by atoms with van der Waals surface area (Å²) in [4.78, 5) is 28.8. The predicted molar refractivity (Wildman–Crippen MR) is 152 cm³/mol. The summed E-state index contributed by atoms with van der Waals surface area (Å²) in [6, 6.07) is 23.5. The van der Waals surface area contributed by atoms with Crippen molar-refractivity contribution in [2.24, 2.45) is 0 Å². The zero-order valence-corrected chi connectivity index (χ0v) is 23.5. The van der Waals surface area contributed by atoms with Gasteiger partial charge in [0.25, 0.3) is 0 Å². The van der Waals surface area contributed by atoms with E-state index in [0.29, 0.717) is 12.1 Å². The normalized spacial score (nSPS) is 12.2. The van der Waals surface area contributed by atoms with Gasteiger partial charge in [0.15, 0.2) is 0 Å². The van der Waals surface area contributed by atoms with Crippen LogP contribution in [0.5, 0.6) is 0 Å². The Morgan fingerprint density at radius 1 is 0.895 bits per heavy atom. The second-order valence-corrected chi connectivity index (χ2v) is 11.7. The van der Waals surface area contributed by atoms with Gasteiger partial charge in [-0.25, -0.2) is 8.42 Å². The molecule has 0 aromatic heterocycles. The minimum atomic E-state index is -3.81. The summed E-state index contributed by atoms with van der Waals surface area (Å²) >= 11 is 0. The SMILES string of the molecule is CNC(=O)[C@@H](Cc1ccccc1)N(Cc1ccccc1C)C(=O)CN(c1ccccc1C(C)C)S(C)(=O)=O. The predicted octanol–water partition coefficient (Wildman–Crippen LogP) is 4.27. The van der Waals surface area contributed by atoms with Crippen LogP contribution in [0.3, 0.4) is 0 Å². The van der Waals surface area contributed by atoms with Crippen molar-refractivity contribution in [2.45, 2.75) is 45.7 Å². The van der Waals surface area contributed by atoms with Crippen LogP contribution in [0.15, 0.2) is 78.9 Å². The molecular formula is C30H37N3O4S. The van der Waals surface area contributed by atoms with Crippen molar-refractivity contribution in [1.29, 1.82) is 0 Å². The van der Waals surface area contributed by atoms with Crippen molar-refractivity contribution in [1.82, 2.24) is 10.2 Å². The number of carbonyl (C=O) groups is 2. The fraction of sp³-hybridized carbons (Fsp3) is 0.333. The van der Waals surface area contributed by atoms with Gasteiger partial charge < -0.3 is 10.2 Å². The lowest BCUT2D eigenvalue weighted by molar-refractivity contribution is -0.139. The number of aryl methyl sites for hydroxylation is 1. The lowest BCUT2D eigenvalue weighted by atomic mass is 10.0. The van der Waals surface area contributed by atoms with Crippen molar-refractivity contribution in [3.05, 3.63) is 101 Å². The van der Waals surface area contributed by atoms with E-state index in [1.54, 1.807) is 19.2 Å². The number of carbonyl (C=O) groups excluding carboxylic acids is 2. The van der Waals surface area contributed by atoms with Crippen molar-refractivity contribution >= 4 is 27.5 Å². The van der Waals surface area contributed by atoms with Crippen molar-refractivity contribution < 1.29 is 18.0 Å². The van der Waals surface area contributed by atoms with E-state index in [9.17, 15) is 18.0 Å². The van der Waals surface area contributed by atoms with Crippen LogP contribution in [-0.2, 0) is 32.6 Å². The molecule has 0 bridgehead atoms. The number of rotatable bonds is 11. The molecule has 1 N–H and O–H groups in total. The minimum absolute atomic E-state index is 0.0466. The fourth-order valence-electron chi connectivity index (χ4n) is 4.49. The Balaban J connectivity index is 2.08. The molecule has 0 unspecified atom stereocenters. The van der Waals surface area contributed by atoms with Crippen LogP contribution in [0.1, 0.15) is 42.0 Å². The van der Waals surface area contributed by atoms with Gasteiger partial charge in [-0.3, -0.25) is 13.9 Å². The Hall–Kier alpha value is -3.65. The van der Waals surface area contributed by atoms with Gasteiger partial charge in [-0.15, -0.1) is 0 Å². The summed E-state index contributed by atoms with van der Waals surface area (Å²) in [7, 11) is -2.27. The average molecular weight is 536 g/mol. The molecule has 3 rings (SSSR count). The van der Waals surface area contributed by atoms with Gasteiger partial charge >= 0.3 is 0 Å². The molecule has 0 aliphatic rings. The summed E-state index contributed by atoms with van der Waals surface area (Å²) in [5.74, 6) is -0.726. The molecule has 3 aromatic rings. The van der Waals surface area contributed by atoms with E-state index >= 15 is 0 Å². The highest BCUT2D eigenvalue weighted by Gasteiger charge is 2.33. The standard InChI is InChI=1S/C30H37N3O4S/c1-22(2)26-17-11-12-18-27(26)33(38(5,36)37)21-29(34)32(20-25-16-10-9-13-23(25)3)28(30(35)31-4)19-24-14-7-6-8-15-24/h6-18,22,28H,19-21H2,1-5H3,(H,31,35)/t28-/m1/s1. The molecule has 3 aromatic carbocycles. The second kappa shape index (κ2) is 12.7. The third-order valence-electron chi connectivity index (χ3n) is 6.63. The third kappa shape index (κ3) is 7.22. The maximum Gasteiger partial charge on any atom is 0.244 e. The summed E-state index contributed by atoms with van der Waals surface area (Å²) in [5, 5.41) is 2.70. The Kier molecular flexibility index (Phi) is 9.69. The third-order valence-corrected chi connectivity index (χ3v) is 7.75. The van der Waals surface area contributed by atoms with E-state index in [1.165, 1.54) is 4.90 Å². The van der Waals surface area contributed by atoms with E-state index in [0.717, 1.165) is 32.8 Å². The first-order valence-electron chi connectivity index (χ1n) is 12.7.